The van der Waals surface area contributed by atoms with E-state index >= 15 is 0 Å². The van der Waals surface area contributed by atoms with Crippen LogP contribution >= 0.6 is 11.3 Å². The number of morpholine rings is 1. The van der Waals surface area contributed by atoms with Crippen LogP contribution in [0.2, 0.25) is 0 Å². The van der Waals surface area contributed by atoms with Crippen molar-refractivity contribution < 1.29 is 9.53 Å². The molecule has 5 heteroatoms. The summed E-state index contributed by atoms with van der Waals surface area (Å²) in [7, 11) is 0. The van der Waals surface area contributed by atoms with Crippen LogP contribution in [-0.4, -0.2) is 50.2 Å². The van der Waals surface area contributed by atoms with Crippen molar-refractivity contribution in [2.45, 2.75) is 32.1 Å². The van der Waals surface area contributed by atoms with E-state index in [4.69, 9.17) is 4.74 Å². The van der Waals surface area contributed by atoms with Crippen molar-refractivity contribution in [3.63, 3.8) is 0 Å². The summed E-state index contributed by atoms with van der Waals surface area (Å²) in [6, 6.07) is 2.12. The van der Waals surface area contributed by atoms with Gasteiger partial charge >= 0.3 is 0 Å². The summed E-state index contributed by atoms with van der Waals surface area (Å²) in [6.45, 7) is 5.21. The van der Waals surface area contributed by atoms with E-state index in [1.165, 1.54) is 29.7 Å². The molecule has 21 heavy (non-hydrogen) atoms. The number of fused-ring (bicyclic) bond motifs is 1. The molecule has 1 aromatic rings. The lowest BCUT2D eigenvalue weighted by molar-refractivity contribution is 0.0383. The Morgan fingerprint density at radius 2 is 2.05 bits per heavy atom. The summed E-state index contributed by atoms with van der Waals surface area (Å²) < 4.78 is 5.33. The highest BCUT2D eigenvalue weighted by Crippen LogP contribution is 2.28. The Morgan fingerprint density at radius 3 is 2.90 bits per heavy atom. The maximum Gasteiger partial charge on any atom is 0.261 e. The van der Waals surface area contributed by atoms with Crippen LogP contribution in [0.4, 0.5) is 0 Å². The molecule has 1 fully saturated rings. The Kier molecular flexibility index (Phi) is 5.27. The minimum Gasteiger partial charge on any atom is -0.379 e. The lowest BCUT2D eigenvalue weighted by Gasteiger charge is -2.26. The Bertz CT molecular complexity index is 457. The fourth-order valence-electron chi connectivity index (χ4n) is 3.02. The van der Waals surface area contributed by atoms with Crippen LogP contribution in [0.1, 0.15) is 39.4 Å². The zero-order valence-corrected chi connectivity index (χ0v) is 13.3. The van der Waals surface area contributed by atoms with Gasteiger partial charge in [0.1, 0.15) is 0 Å². The van der Waals surface area contributed by atoms with E-state index in [9.17, 15) is 4.79 Å². The van der Waals surface area contributed by atoms with Gasteiger partial charge in [0.25, 0.3) is 5.91 Å². The number of nitrogens with zero attached hydrogens (tertiary/aromatic N) is 1. The van der Waals surface area contributed by atoms with Gasteiger partial charge in [-0.25, -0.2) is 0 Å². The lowest BCUT2D eigenvalue weighted by atomic mass is 10.1. The standard InChI is InChI=1S/C16H24N2O2S/c19-16(17-6-7-18-8-10-20-11-9-18)15-12-13-4-2-1-3-5-14(13)21-15/h12H,1-11H2,(H,17,19). The Hall–Kier alpha value is -0.910. The first-order chi connectivity index (χ1) is 10.3. The summed E-state index contributed by atoms with van der Waals surface area (Å²) in [5, 5.41) is 3.06. The van der Waals surface area contributed by atoms with E-state index in [1.807, 2.05) is 0 Å². The lowest BCUT2D eigenvalue weighted by Crippen LogP contribution is -2.41. The first-order valence-electron chi connectivity index (χ1n) is 8.03. The molecule has 0 radical (unpaired) electrons. The van der Waals surface area contributed by atoms with Gasteiger partial charge in [-0.2, -0.15) is 0 Å². The van der Waals surface area contributed by atoms with Crippen LogP contribution in [0, 0.1) is 0 Å². The molecule has 0 unspecified atom stereocenters. The van der Waals surface area contributed by atoms with E-state index in [-0.39, 0.29) is 5.91 Å². The molecule has 4 nitrogen and oxygen atoms in total. The second-order valence-electron chi connectivity index (χ2n) is 5.83. The van der Waals surface area contributed by atoms with Gasteiger partial charge in [-0.1, -0.05) is 6.42 Å². The molecule has 1 saturated heterocycles. The molecule has 1 aromatic heterocycles. The summed E-state index contributed by atoms with van der Waals surface area (Å²) in [5.41, 5.74) is 1.41. The molecule has 0 saturated carbocycles. The number of ether oxygens (including phenoxy) is 1. The first kappa shape index (κ1) is 15.0. The topological polar surface area (TPSA) is 41.6 Å². The Morgan fingerprint density at radius 1 is 1.24 bits per heavy atom. The number of amides is 1. The van der Waals surface area contributed by atoms with Crippen molar-refractivity contribution in [3.05, 3.63) is 21.4 Å². The highest BCUT2D eigenvalue weighted by Gasteiger charge is 2.16. The number of carbonyl (C=O) groups excluding carboxylic acids is 1. The normalized spacial score (nSPS) is 19.8. The quantitative estimate of drug-likeness (QED) is 0.866. The molecule has 1 aliphatic carbocycles. The second-order valence-corrected chi connectivity index (χ2v) is 6.97. The summed E-state index contributed by atoms with van der Waals surface area (Å²) in [6.07, 6.45) is 6.16. The van der Waals surface area contributed by atoms with E-state index < -0.39 is 0 Å². The molecule has 0 spiro atoms. The molecule has 0 aromatic carbocycles. The number of nitrogens with one attached hydrogen (secondary N) is 1. The van der Waals surface area contributed by atoms with Gasteiger partial charge in [0.15, 0.2) is 0 Å². The van der Waals surface area contributed by atoms with E-state index in [1.54, 1.807) is 11.3 Å². The van der Waals surface area contributed by atoms with Crippen molar-refractivity contribution in [2.75, 3.05) is 39.4 Å². The molecule has 1 N–H and O–H groups in total. The van der Waals surface area contributed by atoms with Gasteiger partial charge in [-0.05, 0) is 37.3 Å². The number of hydrogen-bond acceptors (Lipinski definition) is 4. The molecule has 2 heterocycles. The molecule has 0 atom stereocenters. The van der Waals surface area contributed by atoms with Gasteiger partial charge in [-0.3, -0.25) is 9.69 Å². The minimum atomic E-state index is 0.0985. The molecule has 1 aliphatic heterocycles. The smallest absolute Gasteiger partial charge is 0.261 e. The van der Waals surface area contributed by atoms with Crippen molar-refractivity contribution >= 4 is 17.2 Å². The molecule has 0 bridgehead atoms. The van der Waals surface area contributed by atoms with Crippen LogP contribution < -0.4 is 5.32 Å². The van der Waals surface area contributed by atoms with Gasteiger partial charge < -0.3 is 10.1 Å². The Balaban J connectivity index is 1.48. The third-order valence-electron chi connectivity index (χ3n) is 4.29. The highest BCUT2D eigenvalue weighted by molar-refractivity contribution is 7.14. The maximum atomic E-state index is 12.2. The van der Waals surface area contributed by atoms with Crippen molar-refractivity contribution in [1.82, 2.24) is 10.2 Å². The molecule has 1 amide bonds. The van der Waals surface area contributed by atoms with Crippen LogP contribution in [0.25, 0.3) is 0 Å². The zero-order chi connectivity index (χ0) is 14.5. The number of hydrogen-bond donors (Lipinski definition) is 1. The number of thiophene rings is 1. The van der Waals surface area contributed by atoms with Crippen molar-refractivity contribution in [2.24, 2.45) is 0 Å². The summed E-state index contributed by atoms with van der Waals surface area (Å²) in [4.78, 5) is 16.9. The number of rotatable bonds is 4. The van der Waals surface area contributed by atoms with E-state index in [0.29, 0.717) is 0 Å². The average Bonchev–Trinajstić information content (AvgIpc) is 2.79. The predicted octanol–water partition coefficient (Wildman–Crippen LogP) is 2.08. The van der Waals surface area contributed by atoms with Crippen LogP contribution in [0.15, 0.2) is 6.07 Å². The van der Waals surface area contributed by atoms with Crippen LogP contribution in [-0.2, 0) is 17.6 Å². The Labute approximate surface area is 130 Å². The molecule has 3 rings (SSSR count). The van der Waals surface area contributed by atoms with Crippen molar-refractivity contribution in [1.29, 1.82) is 0 Å². The van der Waals surface area contributed by atoms with Gasteiger partial charge in [0.05, 0.1) is 18.1 Å². The van der Waals surface area contributed by atoms with Crippen LogP contribution in [0.3, 0.4) is 0 Å². The second kappa shape index (κ2) is 7.38. The monoisotopic (exact) mass is 308 g/mol. The van der Waals surface area contributed by atoms with Gasteiger partial charge in [0.2, 0.25) is 0 Å². The largest absolute Gasteiger partial charge is 0.379 e. The molecule has 2 aliphatic rings. The predicted molar refractivity (Wildman–Crippen MR) is 85.2 cm³/mol. The van der Waals surface area contributed by atoms with Crippen LogP contribution in [0.5, 0.6) is 0 Å². The fraction of sp³-hybridized carbons (Fsp3) is 0.688. The third kappa shape index (κ3) is 4.05. The third-order valence-corrected chi connectivity index (χ3v) is 5.52. The average molecular weight is 308 g/mol. The molecular weight excluding hydrogens is 284 g/mol. The summed E-state index contributed by atoms with van der Waals surface area (Å²) >= 11 is 1.70. The first-order valence-corrected chi connectivity index (χ1v) is 8.84. The van der Waals surface area contributed by atoms with E-state index in [2.05, 4.69) is 16.3 Å². The van der Waals surface area contributed by atoms with E-state index in [0.717, 1.165) is 57.1 Å². The zero-order valence-electron chi connectivity index (χ0n) is 12.5. The van der Waals surface area contributed by atoms with Gasteiger partial charge in [-0.15, -0.1) is 11.3 Å². The minimum absolute atomic E-state index is 0.0985. The number of carbonyl (C=O) groups is 1. The highest BCUT2D eigenvalue weighted by atomic mass is 32.1. The molecule has 116 valence electrons. The molecular formula is C16H24N2O2S. The van der Waals surface area contributed by atoms with Crippen molar-refractivity contribution in [3.8, 4) is 0 Å². The SMILES string of the molecule is O=C(NCCN1CCOCC1)c1cc2c(s1)CCCCC2. The number of aryl methyl sites for hydroxylation is 2. The van der Waals surface area contributed by atoms with Gasteiger partial charge in [0, 0.05) is 31.1 Å². The fourth-order valence-corrected chi connectivity index (χ4v) is 4.19. The maximum absolute atomic E-state index is 12.2. The summed E-state index contributed by atoms with van der Waals surface area (Å²) in [5.74, 6) is 0.0985.